The van der Waals surface area contributed by atoms with E-state index in [0.717, 1.165) is 50.3 Å². The molecule has 0 bridgehead atoms. The molecule has 0 aliphatic carbocycles. The Bertz CT molecular complexity index is 426. The van der Waals surface area contributed by atoms with Crippen molar-refractivity contribution in [3.05, 3.63) is 22.7 Å². The van der Waals surface area contributed by atoms with Gasteiger partial charge in [-0.1, -0.05) is 11.6 Å². The molecule has 0 atom stereocenters. The molecule has 4 nitrogen and oxygen atoms in total. The topological polar surface area (TPSA) is 39.7 Å². The van der Waals surface area contributed by atoms with Gasteiger partial charge >= 0.3 is 0 Å². The van der Waals surface area contributed by atoms with Gasteiger partial charge in [0.15, 0.2) is 11.5 Å². The van der Waals surface area contributed by atoms with Gasteiger partial charge < -0.3 is 19.5 Å². The van der Waals surface area contributed by atoms with Gasteiger partial charge in [0.1, 0.15) is 0 Å². The summed E-state index contributed by atoms with van der Waals surface area (Å²) < 4.78 is 16.3. The van der Waals surface area contributed by atoms with Gasteiger partial charge in [0, 0.05) is 26.7 Å². The molecule has 1 heterocycles. The number of rotatable bonds is 7. The van der Waals surface area contributed by atoms with Crippen molar-refractivity contribution in [2.45, 2.75) is 25.8 Å². The summed E-state index contributed by atoms with van der Waals surface area (Å²) in [5.74, 6) is 1.43. The number of hydrogen-bond acceptors (Lipinski definition) is 4. The lowest BCUT2D eigenvalue weighted by Crippen LogP contribution is -2.15. The van der Waals surface area contributed by atoms with Crippen molar-refractivity contribution in [2.24, 2.45) is 0 Å². The molecule has 20 heavy (non-hydrogen) atoms. The lowest BCUT2D eigenvalue weighted by Gasteiger charge is -2.12. The molecule has 5 heteroatoms. The summed E-state index contributed by atoms with van der Waals surface area (Å²) in [5, 5.41) is 4.03. The van der Waals surface area contributed by atoms with Gasteiger partial charge in [-0.2, -0.15) is 0 Å². The molecule has 0 fully saturated rings. The van der Waals surface area contributed by atoms with Crippen LogP contribution >= 0.6 is 11.6 Å². The van der Waals surface area contributed by atoms with Crippen molar-refractivity contribution >= 4 is 11.6 Å². The number of fused-ring (bicyclic) bond motifs is 1. The highest BCUT2D eigenvalue weighted by molar-refractivity contribution is 6.32. The van der Waals surface area contributed by atoms with Crippen LogP contribution in [-0.4, -0.2) is 33.5 Å². The summed E-state index contributed by atoms with van der Waals surface area (Å²) in [7, 11) is 1.73. The number of methoxy groups -OCH3 is 1. The van der Waals surface area contributed by atoms with E-state index in [1.54, 1.807) is 7.11 Å². The fourth-order valence-corrected chi connectivity index (χ4v) is 2.40. The highest BCUT2D eigenvalue weighted by Gasteiger charge is 2.15. The van der Waals surface area contributed by atoms with Crippen molar-refractivity contribution in [1.29, 1.82) is 0 Å². The molecule has 1 aromatic carbocycles. The van der Waals surface area contributed by atoms with E-state index in [4.69, 9.17) is 25.8 Å². The Labute approximate surface area is 125 Å². The average molecular weight is 300 g/mol. The molecule has 0 radical (unpaired) electrons. The van der Waals surface area contributed by atoms with Crippen molar-refractivity contribution in [3.63, 3.8) is 0 Å². The minimum Gasteiger partial charge on any atom is -0.489 e. The number of ether oxygens (including phenoxy) is 3. The van der Waals surface area contributed by atoms with E-state index in [0.29, 0.717) is 24.0 Å². The van der Waals surface area contributed by atoms with E-state index in [1.165, 1.54) is 0 Å². The second kappa shape index (κ2) is 8.35. The first-order valence-corrected chi connectivity index (χ1v) is 7.46. The number of benzene rings is 1. The minimum absolute atomic E-state index is 0.626. The molecule has 1 N–H and O–H groups in total. The van der Waals surface area contributed by atoms with E-state index >= 15 is 0 Å². The Balaban J connectivity index is 1.86. The Morgan fingerprint density at radius 3 is 2.95 bits per heavy atom. The first-order chi connectivity index (χ1) is 9.81. The van der Waals surface area contributed by atoms with Gasteiger partial charge in [-0.15, -0.1) is 0 Å². The molecule has 2 rings (SSSR count). The molecular formula is C15H22ClNO3. The molecule has 1 aromatic rings. The summed E-state index contributed by atoms with van der Waals surface area (Å²) in [6, 6.07) is 3.95. The van der Waals surface area contributed by atoms with E-state index in [9.17, 15) is 0 Å². The van der Waals surface area contributed by atoms with Crippen LogP contribution < -0.4 is 14.8 Å². The van der Waals surface area contributed by atoms with Crippen molar-refractivity contribution in [2.75, 3.05) is 33.5 Å². The standard InChI is InChI=1S/C15H22ClNO3/c1-18-6-3-2-5-17-11-12-9-13(16)15-14(10-12)19-7-4-8-20-15/h9-10,17H,2-8,11H2,1H3. The third-order valence-corrected chi connectivity index (χ3v) is 3.42. The molecule has 0 unspecified atom stereocenters. The molecule has 1 aliphatic rings. The quantitative estimate of drug-likeness (QED) is 0.786. The summed E-state index contributed by atoms with van der Waals surface area (Å²) in [6.45, 7) is 3.90. The zero-order valence-electron chi connectivity index (χ0n) is 11.9. The van der Waals surface area contributed by atoms with Crippen LogP contribution in [0.4, 0.5) is 0 Å². The smallest absolute Gasteiger partial charge is 0.179 e. The number of nitrogens with one attached hydrogen (secondary N) is 1. The van der Waals surface area contributed by atoms with E-state index < -0.39 is 0 Å². The van der Waals surface area contributed by atoms with Crippen molar-refractivity contribution in [1.82, 2.24) is 5.32 Å². The molecule has 0 saturated heterocycles. The molecule has 0 saturated carbocycles. The van der Waals surface area contributed by atoms with Crippen molar-refractivity contribution < 1.29 is 14.2 Å². The Kier molecular flexibility index (Phi) is 6.43. The minimum atomic E-state index is 0.626. The fourth-order valence-electron chi connectivity index (χ4n) is 2.12. The van der Waals surface area contributed by atoms with Gasteiger partial charge in [-0.25, -0.2) is 0 Å². The predicted octanol–water partition coefficient (Wildman–Crippen LogP) is 3.02. The molecule has 0 aromatic heterocycles. The third kappa shape index (κ3) is 4.54. The second-order valence-electron chi connectivity index (χ2n) is 4.83. The van der Waals surface area contributed by atoms with Crippen LogP contribution in [0.2, 0.25) is 5.02 Å². The maximum atomic E-state index is 6.25. The summed E-state index contributed by atoms with van der Waals surface area (Å²) in [5.41, 5.74) is 1.12. The maximum absolute atomic E-state index is 6.25. The second-order valence-corrected chi connectivity index (χ2v) is 5.24. The van der Waals surface area contributed by atoms with Crippen LogP contribution in [0.1, 0.15) is 24.8 Å². The van der Waals surface area contributed by atoms with E-state index in [-0.39, 0.29) is 0 Å². The SMILES string of the molecule is COCCCCNCc1cc(Cl)c2c(c1)OCCCO2. The van der Waals surface area contributed by atoms with Crippen LogP contribution in [0.15, 0.2) is 12.1 Å². The van der Waals surface area contributed by atoms with Crippen LogP contribution in [0.25, 0.3) is 0 Å². The normalized spacial score (nSPS) is 14.1. The summed E-state index contributed by atoms with van der Waals surface area (Å²) in [4.78, 5) is 0. The predicted molar refractivity (Wildman–Crippen MR) is 79.9 cm³/mol. The average Bonchev–Trinajstić information content (AvgIpc) is 2.68. The van der Waals surface area contributed by atoms with Crippen LogP contribution in [-0.2, 0) is 11.3 Å². The fraction of sp³-hybridized carbons (Fsp3) is 0.600. The molecule has 1 aliphatic heterocycles. The number of unbranched alkanes of at least 4 members (excludes halogenated alkanes) is 1. The van der Waals surface area contributed by atoms with E-state index in [2.05, 4.69) is 5.32 Å². The zero-order chi connectivity index (χ0) is 14.2. The molecular weight excluding hydrogens is 278 g/mol. The van der Waals surface area contributed by atoms with Gasteiger partial charge in [0.25, 0.3) is 0 Å². The van der Waals surface area contributed by atoms with Gasteiger partial charge in [0.2, 0.25) is 0 Å². The molecule has 0 amide bonds. The summed E-state index contributed by atoms with van der Waals surface area (Å²) in [6.07, 6.45) is 3.07. The zero-order valence-corrected chi connectivity index (χ0v) is 12.7. The largest absolute Gasteiger partial charge is 0.489 e. The number of hydrogen-bond donors (Lipinski definition) is 1. The van der Waals surface area contributed by atoms with Crippen LogP contribution in [0.5, 0.6) is 11.5 Å². The molecule has 0 spiro atoms. The summed E-state index contributed by atoms with van der Waals surface area (Å²) >= 11 is 6.25. The maximum Gasteiger partial charge on any atom is 0.179 e. The van der Waals surface area contributed by atoms with Gasteiger partial charge in [-0.05, 0) is 37.1 Å². The number of halogens is 1. The third-order valence-electron chi connectivity index (χ3n) is 3.14. The van der Waals surface area contributed by atoms with Gasteiger partial charge in [-0.3, -0.25) is 0 Å². The lowest BCUT2D eigenvalue weighted by atomic mass is 10.2. The first kappa shape index (κ1) is 15.4. The monoisotopic (exact) mass is 299 g/mol. The van der Waals surface area contributed by atoms with Gasteiger partial charge in [0.05, 0.1) is 18.2 Å². The highest BCUT2D eigenvalue weighted by Crippen LogP contribution is 2.37. The van der Waals surface area contributed by atoms with Crippen molar-refractivity contribution in [3.8, 4) is 11.5 Å². The molecule has 112 valence electrons. The first-order valence-electron chi connectivity index (χ1n) is 7.09. The van der Waals surface area contributed by atoms with Crippen LogP contribution in [0, 0.1) is 0 Å². The highest BCUT2D eigenvalue weighted by atomic mass is 35.5. The Hall–Kier alpha value is -0.970. The van der Waals surface area contributed by atoms with Crippen LogP contribution in [0.3, 0.4) is 0 Å². The lowest BCUT2D eigenvalue weighted by molar-refractivity contribution is 0.192. The Morgan fingerprint density at radius 1 is 1.25 bits per heavy atom. The Morgan fingerprint density at radius 2 is 2.10 bits per heavy atom. The van der Waals surface area contributed by atoms with E-state index in [1.807, 2.05) is 12.1 Å².